The maximum Gasteiger partial charge on any atom is 0.162 e. The van der Waals surface area contributed by atoms with Crippen molar-refractivity contribution in [3.8, 4) is 5.75 Å². The van der Waals surface area contributed by atoms with E-state index in [1.165, 1.54) is 5.56 Å². The lowest BCUT2D eigenvalue weighted by Crippen LogP contribution is -2.36. The van der Waals surface area contributed by atoms with Gasteiger partial charge in [0.05, 0.1) is 13.7 Å². The van der Waals surface area contributed by atoms with E-state index in [1.54, 1.807) is 7.11 Å². The molecular formula is C27H35N3O2. The number of ether oxygens (including phenoxy) is 1. The number of carbonyl (C=O) groups excluding carboxylic acids is 1. The zero-order valence-electron chi connectivity index (χ0n) is 19.8. The third-order valence-corrected chi connectivity index (χ3v) is 5.62. The molecule has 5 nitrogen and oxygen atoms in total. The second-order valence-corrected chi connectivity index (χ2v) is 8.71. The van der Waals surface area contributed by atoms with Crippen molar-refractivity contribution in [2.75, 3.05) is 26.7 Å². The van der Waals surface area contributed by atoms with Gasteiger partial charge < -0.3 is 9.64 Å². The van der Waals surface area contributed by atoms with Crippen LogP contribution >= 0.6 is 0 Å². The highest BCUT2D eigenvalue weighted by molar-refractivity contribution is 6.03. The first-order valence-corrected chi connectivity index (χ1v) is 11.6. The van der Waals surface area contributed by atoms with E-state index in [9.17, 15) is 4.79 Å². The highest BCUT2D eigenvalue weighted by Crippen LogP contribution is 2.16. The fraction of sp³-hybridized carbons (Fsp3) is 0.444. The van der Waals surface area contributed by atoms with Crippen molar-refractivity contribution >= 4 is 17.5 Å². The topological polar surface area (TPSA) is 54.3 Å². The maximum atomic E-state index is 12.6. The number of aryl methyl sites for hydroxylation is 1. The second kappa shape index (κ2) is 11.6. The van der Waals surface area contributed by atoms with Gasteiger partial charge in [0.15, 0.2) is 5.78 Å². The molecule has 0 aliphatic carbocycles. The van der Waals surface area contributed by atoms with Gasteiger partial charge in [0.25, 0.3) is 0 Å². The molecule has 0 saturated carbocycles. The summed E-state index contributed by atoms with van der Waals surface area (Å²) in [5.74, 6) is 3.43. The van der Waals surface area contributed by atoms with Crippen molar-refractivity contribution in [1.29, 1.82) is 0 Å². The van der Waals surface area contributed by atoms with Crippen molar-refractivity contribution < 1.29 is 9.53 Å². The molecule has 1 aliphatic heterocycles. The molecule has 0 radical (unpaired) electrons. The number of aliphatic imine (C=N–C) groups is 2. The molecule has 2 aromatic carbocycles. The molecule has 0 amide bonds. The Hall–Kier alpha value is -2.95. The molecule has 32 heavy (non-hydrogen) atoms. The second-order valence-electron chi connectivity index (χ2n) is 8.71. The van der Waals surface area contributed by atoms with Crippen LogP contribution in [0.2, 0.25) is 0 Å². The molecule has 0 bridgehead atoms. The van der Waals surface area contributed by atoms with Crippen LogP contribution in [0.4, 0.5) is 0 Å². The van der Waals surface area contributed by atoms with Crippen molar-refractivity contribution in [3.63, 3.8) is 0 Å². The number of benzene rings is 2. The van der Waals surface area contributed by atoms with Crippen LogP contribution in [0.1, 0.15) is 55.1 Å². The molecule has 0 spiro atoms. The molecule has 1 aliphatic rings. The fourth-order valence-corrected chi connectivity index (χ4v) is 3.88. The van der Waals surface area contributed by atoms with Gasteiger partial charge in [0, 0.05) is 31.5 Å². The summed E-state index contributed by atoms with van der Waals surface area (Å²) in [6.07, 6.45) is 3.04. The van der Waals surface area contributed by atoms with E-state index in [0.29, 0.717) is 25.3 Å². The average molecular weight is 434 g/mol. The van der Waals surface area contributed by atoms with E-state index < -0.39 is 0 Å². The smallest absolute Gasteiger partial charge is 0.162 e. The molecule has 0 unspecified atom stereocenters. The van der Waals surface area contributed by atoms with E-state index in [0.717, 1.165) is 54.5 Å². The summed E-state index contributed by atoms with van der Waals surface area (Å²) in [4.78, 5) is 24.4. The Morgan fingerprint density at radius 3 is 2.59 bits per heavy atom. The zero-order valence-corrected chi connectivity index (χ0v) is 19.8. The van der Waals surface area contributed by atoms with Crippen molar-refractivity contribution in [2.45, 2.75) is 46.5 Å². The molecule has 2 aromatic rings. The first kappa shape index (κ1) is 23.7. The Balaban J connectivity index is 1.57. The van der Waals surface area contributed by atoms with Crippen LogP contribution in [-0.2, 0) is 12.8 Å². The molecule has 0 N–H and O–H groups in total. The van der Waals surface area contributed by atoms with E-state index in [4.69, 9.17) is 9.73 Å². The minimum Gasteiger partial charge on any atom is -0.497 e. The molecule has 0 atom stereocenters. The van der Waals surface area contributed by atoms with Crippen LogP contribution < -0.4 is 4.74 Å². The lowest BCUT2D eigenvalue weighted by molar-refractivity contribution is 0.0977. The van der Waals surface area contributed by atoms with Gasteiger partial charge in [-0.25, -0.2) is 4.99 Å². The van der Waals surface area contributed by atoms with Crippen LogP contribution in [0.5, 0.6) is 5.75 Å². The molecule has 3 rings (SSSR count). The molecule has 0 aromatic heterocycles. The predicted octanol–water partition coefficient (Wildman–Crippen LogP) is 5.23. The quantitative estimate of drug-likeness (QED) is 0.456. The van der Waals surface area contributed by atoms with Gasteiger partial charge in [-0.05, 0) is 42.0 Å². The standard InChI is InChI=1S/C27H35N3O2/c1-5-21-11-13-23(14-12-21)25(31)10-7-15-30(19-20(2)3)27-18-28-26(29-27)17-22-8-6-9-24(16-22)32-4/h6,8-9,11-14,16,20H,5,7,10,15,17-19H2,1-4H3. The Bertz CT molecular complexity index is 961. The van der Waals surface area contributed by atoms with Gasteiger partial charge in [-0.2, -0.15) is 0 Å². The minimum absolute atomic E-state index is 0.209. The van der Waals surface area contributed by atoms with Crippen molar-refractivity contribution in [3.05, 3.63) is 65.2 Å². The number of methoxy groups -OCH3 is 1. The van der Waals surface area contributed by atoms with Crippen LogP contribution in [0.25, 0.3) is 0 Å². The number of Topliss-reactive ketones (excluding diaryl/α,β-unsaturated/α-hetero) is 1. The summed E-state index contributed by atoms with van der Waals surface area (Å²) in [5, 5.41) is 0. The summed E-state index contributed by atoms with van der Waals surface area (Å²) in [6, 6.07) is 16.0. The largest absolute Gasteiger partial charge is 0.497 e. The lowest BCUT2D eigenvalue weighted by atomic mass is 10.0. The lowest BCUT2D eigenvalue weighted by Gasteiger charge is -2.26. The Kier molecular flexibility index (Phi) is 8.60. The van der Waals surface area contributed by atoms with E-state index >= 15 is 0 Å². The van der Waals surface area contributed by atoms with Gasteiger partial charge in [-0.3, -0.25) is 9.79 Å². The van der Waals surface area contributed by atoms with Crippen molar-refractivity contribution in [2.24, 2.45) is 15.9 Å². The molecular weight excluding hydrogens is 398 g/mol. The Labute approximate surface area is 192 Å². The zero-order chi connectivity index (χ0) is 22.9. The average Bonchev–Trinajstić information content (AvgIpc) is 3.26. The predicted molar refractivity (Wildman–Crippen MR) is 132 cm³/mol. The van der Waals surface area contributed by atoms with Crippen LogP contribution in [0, 0.1) is 5.92 Å². The number of ketones is 1. The highest BCUT2D eigenvalue weighted by atomic mass is 16.5. The summed E-state index contributed by atoms with van der Waals surface area (Å²) in [6.45, 7) is 8.88. The van der Waals surface area contributed by atoms with E-state index in [2.05, 4.69) is 36.7 Å². The number of nitrogens with zero attached hydrogens (tertiary/aromatic N) is 3. The van der Waals surface area contributed by atoms with Crippen LogP contribution in [0.3, 0.4) is 0 Å². The minimum atomic E-state index is 0.209. The van der Waals surface area contributed by atoms with E-state index in [-0.39, 0.29) is 5.78 Å². The SMILES string of the molecule is CCc1ccc(C(=O)CCCN(CC(C)C)C2=NC(Cc3cccc(OC)c3)=NC2)cc1. The summed E-state index contributed by atoms with van der Waals surface area (Å²) in [7, 11) is 1.68. The maximum absolute atomic E-state index is 12.6. The normalized spacial score (nSPS) is 13.2. The monoisotopic (exact) mass is 433 g/mol. The number of hydrogen-bond acceptors (Lipinski definition) is 5. The molecule has 0 fully saturated rings. The number of rotatable bonds is 11. The van der Waals surface area contributed by atoms with Gasteiger partial charge in [0.1, 0.15) is 17.4 Å². The molecule has 170 valence electrons. The van der Waals surface area contributed by atoms with Crippen LogP contribution in [-0.4, -0.2) is 49.1 Å². The highest BCUT2D eigenvalue weighted by Gasteiger charge is 2.19. The van der Waals surface area contributed by atoms with Gasteiger partial charge in [-0.1, -0.05) is 57.2 Å². The van der Waals surface area contributed by atoms with Gasteiger partial charge >= 0.3 is 0 Å². The van der Waals surface area contributed by atoms with Gasteiger partial charge in [0.2, 0.25) is 0 Å². The summed E-state index contributed by atoms with van der Waals surface area (Å²) in [5.41, 5.74) is 3.21. The number of hydrogen-bond donors (Lipinski definition) is 0. The van der Waals surface area contributed by atoms with Crippen molar-refractivity contribution in [1.82, 2.24) is 4.90 Å². The number of carbonyl (C=O) groups is 1. The first-order chi connectivity index (χ1) is 15.5. The first-order valence-electron chi connectivity index (χ1n) is 11.6. The number of amidine groups is 2. The molecule has 5 heteroatoms. The third-order valence-electron chi connectivity index (χ3n) is 5.62. The Morgan fingerprint density at radius 2 is 1.91 bits per heavy atom. The van der Waals surface area contributed by atoms with E-state index in [1.807, 2.05) is 42.5 Å². The fourth-order valence-electron chi connectivity index (χ4n) is 3.88. The molecule has 0 saturated heterocycles. The summed E-state index contributed by atoms with van der Waals surface area (Å²) >= 11 is 0. The van der Waals surface area contributed by atoms with Crippen LogP contribution in [0.15, 0.2) is 58.5 Å². The Morgan fingerprint density at radius 1 is 1.12 bits per heavy atom. The third kappa shape index (κ3) is 6.78. The summed E-state index contributed by atoms with van der Waals surface area (Å²) < 4.78 is 5.32. The van der Waals surface area contributed by atoms with Gasteiger partial charge in [-0.15, -0.1) is 0 Å². The molecule has 1 heterocycles.